The van der Waals surface area contributed by atoms with Gasteiger partial charge in [0.05, 0.1) is 0 Å². The molecule has 2 aromatic heterocycles. The second-order valence-electron chi connectivity index (χ2n) is 11.8. The van der Waals surface area contributed by atoms with Crippen LogP contribution < -0.4 is 4.90 Å². The SMILES string of the molecule is CN(c1cc(-c2cccc3c2sc2ccccc23)cc(-c2cccc3c2sc2ccccc23)c1)c1ccccc1-c1ccccc1. The molecule has 0 unspecified atom stereocenters. The van der Waals surface area contributed by atoms with Crippen molar-refractivity contribution in [3.8, 4) is 33.4 Å². The van der Waals surface area contributed by atoms with Crippen LogP contribution in [0, 0.1) is 0 Å². The van der Waals surface area contributed by atoms with Crippen LogP contribution in [0.4, 0.5) is 11.4 Å². The number of rotatable bonds is 5. The number of benzene rings is 7. The van der Waals surface area contributed by atoms with Crippen molar-refractivity contribution in [2.24, 2.45) is 0 Å². The molecular weight excluding hydrogens is 595 g/mol. The van der Waals surface area contributed by atoms with Crippen molar-refractivity contribution in [2.45, 2.75) is 0 Å². The Hall–Kier alpha value is -5.22. The molecule has 0 aliphatic carbocycles. The quantitative estimate of drug-likeness (QED) is 0.184. The molecule has 46 heavy (non-hydrogen) atoms. The fourth-order valence-electron chi connectivity index (χ4n) is 6.83. The van der Waals surface area contributed by atoms with Crippen LogP contribution in [0.2, 0.25) is 0 Å². The molecule has 0 fully saturated rings. The predicted molar refractivity (Wildman–Crippen MR) is 203 cm³/mol. The van der Waals surface area contributed by atoms with Crippen LogP contribution in [0.5, 0.6) is 0 Å². The molecular formula is C43H29NS2. The molecule has 0 aliphatic rings. The topological polar surface area (TPSA) is 3.24 Å². The molecule has 0 spiro atoms. The van der Waals surface area contributed by atoms with Crippen LogP contribution in [0.15, 0.2) is 158 Å². The summed E-state index contributed by atoms with van der Waals surface area (Å²) in [6.45, 7) is 0. The van der Waals surface area contributed by atoms with Crippen LogP contribution in [0.3, 0.4) is 0 Å². The normalized spacial score (nSPS) is 11.6. The van der Waals surface area contributed by atoms with Gasteiger partial charge in [-0.2, -0.15) is 0 Å². The number of para-hydroxylation sites is 1. The Morgan fingerprint density at radius 1 is 0.391 bits per heavy atom. The van der Waals surface area contributed by atoms with Crippen molar-refractivity contribution < 1.29 is 0 Å². The van der Waals surface area contributed by atoms with E-state index in [1.54, 1.807) is 0 Å². The Kier molecular flexibility index (Phi) is 6.48. The first-order valence-corrected chi connectivity index (χ1v) is 17.2. The second-order valence-corrected chi connectivity index (χ2v) is 13.9. The van der Waals surface area contributed by atoms with Gasteiger partial charge in [0.1, 0.15) is 0 Å². The molecule has 0 saturated carbocycles. The van der Waals surface area contributed by atoms with E-state index in [2.05, 4.69) is 170 Å². The Morgan fingerprint density at radius 2 is 0.870 bits per heavy atom. The van der Waals surface area contributed by atoms with E-state index in [0.717, 1.165) is 5.69 Å². The zero-order valence-corrected chi connectivity index (χ0v) is 26.9. The molecule has 0 atom stereocenters. The second kappa shape index (κ2) is 11.0. The standard InChI is InChI=1S/C43H29NS2/c1-44(39-22-8-5-15-32(39)28-13-3-2-4-14-28)31-26-29(33-18-11-20-37-35-16-6-9-23-40(35)45-42(33)37)25-30(27-31)34-19-12-21-38-36-17-7-10-24-41(36)46-43(34)38/h2-27H,1H3. The lowest BCUT2D eigenvalue weighted by Gasteiger charge is -2.25. The molecule has 0 N–H and O–H groups in total. The maximum Gasteiger partial charge on any atom is 0.0487 e. The van der Waals surface area contributed by atoms with Gasteiger partial charge in [-0.25, -0.2) is 0 Å². The van der Waals surface area contributed by atoms with Crippen molar-refractivity contribution in [2.75, 3.05) is 11.9 Å². The van der Waals surface area contributed by atoms with Crippen molar-refractivity contribution in [3.63, 3.8) is 0 Å². The minimum atomic E-state index is 1.16. The lowest BCUT2D eigenvalue weighted by atomic mass is 9.95. The summed E-state index contributed by atoms with van der Waals surface area (Å²) in [5.41, 5.74) is 9.77. The third kappa shape index (κ3) is 4.43. The number of thiophene rings is 2. The van der Waals surface area contributed by atoms with E-state index < -0.39 is 0 Å². The maximum atomic E-state index is 2.40. The molecule has 3 heteroatoms. The van der Waals surface area contributed by atoms with Gasteiger partial charge in [0, 0.05) is 64.3 Å². The molecule has 9 aromatic rings. The van der Waals surface area contributed by atoms with Gasteiger partial charge in [0.25, 0.3) is 0 Å². The summed E-state index contributed by atoms with van der Waals surface area (Å²) < 4.78 is 5.31. The van der Waals surface area contributed by atoms with Gasteiger partial charge in [-0.05, 0) is 64.2 Å². The van der Waals surface area contributed by atoms with Crippen molar-refractivity contribution in [1.29, 1.82) is 0 Å². The van der Waals surface area contributed by atoms with E-state index in [9.17, 15) is 0 Å². The number of anilines is 2. The number of hydrogen-bond acceptors (Lipinski definition) is 3. The Labute approximate surface area is 276 Å². The first-order chi connectivity index (χ1) is 22.7. The zero-order chi connectivity index (χ0) is 30.6. The fraction of sp³-hybridized carbons (Fsp3) is 0.0233. The summed E-state index contributed by atoms with van der Waals surface area (Å²) in [6, 6.07) is 57.6. The van der Waals surface area contributed by atoms with Crippen LogP contribution in [0.25, 0.3) is 73.7 Å². The van der Waals surface area contributed by atoms with Gasteiger partial charge >= 0.3 is 0 Å². The van der Waals surface area contributed by atoms with Crippen LogP contribution >= 0.6 is 22.7 Å². The van der Waals surface area contributed by atoms with Gasteiger partial charge in [0.15, 0.2) is 0 Å². The number of nitrogens with zero attached hydrogens (tertiary/aromatic N) is 1. The third-order valence-electron chi connectivity index (χ3n) is 9.09. The van der Waals surface area contributed by atoms with Gasteiger partial charge in [-0.3, -0.25) is 0 Å². The summed E-state index contributed by atoms with van der Waals surface area (Å²) in [6.07, 6.45) is 0. The van der Waals surface area contributed by atoms with Gasteiger partial charge in [-0.15, -0.1) is 22.7 Å². The summed E-state index contributed by atoms with van der Waals surface area (Å²) in [7, 11) is 2.20. The highest BCUT2D eigenvalue weighted by Gasteiger charge is 2.18. The lowest BCUT2D eigenvalue weighted by Crippen LogP contribution is -2.11. The largest absolute Gasteiger partial charge is 0.344 e. The fourth-order valence-corrected chi connectivity index (χ4v) is 9.31. The number of fused-ring (bicyclic) bond motifs is 6. The summed E-state index contributed by atoms with van der Waals surface area (Å²) in [4.78, 5) is 2.35. The lowest BCUT2D eigenvalue weighted by molar-refractivity contribution is 1.21. The van der Waals surface area contributed by atoms with Crippen LogP contribution in [0.1, 0.15) is 0 Å². The first-order valence-electron chi connectivity index (χ1n) is 15.6. The zero-order valence-electron chi connectivity index (χ0n) is 25.3. The Balaban J connectivity index is 1.30. The van der Waals surface area contributed by atoms with Gasteiger partial charge < -0.3 is 4.90 Å². The molecule has 0 saturated heterocycles. The molecule has 2 heterocycles. The van der Waals surface area contributed by atoms with Gasteiger partial charge in [-0.1, -0.05) is 121 Å². The van der Waals surface area contributed by atoms with E-state index in [-0.39, 0.29) is 0 Å². The van der Waals surface area contributed by atoms with Crippen LogP contribution in [-0.4, -0.2) is 7.05 Å². The minimum Gasteiger partial charge on any atom is -0.344 e. The maximum absolute atomic E-state index is 2.40. The summed E-state index contributed by atoms with van der Waals surface area (Å²) in [5.74, 6) is 0. The van der Waals surface area contributed by atoms with Crippen molar-refractivity contribution in [1.82, 2.24) is 0 Å². The van der Waals surface area contributed by atoms with E-state index in [4.69, 9.17) is 0 Å². The first kappa shape index (κ1) is 27.1. The molecule has 0 radical (unpaired) electrons. The summed E-state index contributed by atoms with van der Waals surface area (Å²) in [5, 5.41) is 5.29. The Morgan fingerprint density at radius 3 is 1.48 bits per heavy atom. The third-order valence-corrected chi connectivity index (χ3v) is 11.5. The molecule has 0 bridgehead atoms. The molecule has 0 amide bonds. The van der Waals surface area contributed by atoms with E-state index >= 15 is 0 Å². The molecule has 1 nitrogen and oxygen atoms in total. The average Bonchev–Trinajstić information content (AvgIpc) is 3.70. The smallest absolute Gasteiger partial charge is 0.0487 e. The molecule has 9 rings (SSSR count). The highest BCUT2D eigenvalue weighted by molar-refractivity contribution is 7.26. The Bertz CT molecular complexity index is 2420. The van der Waals surface area contributed by atoms with E-state index in [0.29, 0.717) is 0 Å². The van der Waals surface area contributed by atoms with Crippen LogP contribution in [-0.2, 0) is 0 Å². The molecule has 7 aromatic carbocycles. The number of hydrogen-bond donors (Lipinski definition) is 0. The highest BCUT2D eigenvalue weighted by atomic mass is 32.1. The predicted octanol–water partition coefficient (Wildman–Crippen LogP) is 13.2. The monoisotopic (exact) mass is 623 g/mol. The summed E-state index contributed by atoms with van der Waals surface area (Å²) >= 11 is 3.78. The van der Waals surface area contributed by atoms with E-state index in [1.165, 1.54) is 79.4 Å². The van der Waals surface area contributed by atoms with Crippen molar-refractivity contribution >= 4 is 74.4 Å². The molecule has 218 valence electrons. The van der Waals surface area contributed by atoms with Crippen molar-refractivity contribution in [3.05, 3.63) is 158 Å². The van der Waals surface area contributed by atoms with Gasteiger partial charge in [0.2, 0.25) is 0 Å². The van der Waals surface area contributed by atoms with E-state index in [1.807, 2.05) is 22.7 Å². The molecule has 0 aliphatic heterocycles. The minimum absolute atomic E-state index is 1.16. The highest BCUT2D eigenvalue weighted by Crippen LogP contribution is 2.45. The average molecular weight is 624 g/mol.